The van der Waals surface area contributed by atoms with Gasteiger partial charge in [-0.3, -0.25) is 10.1 Å². The Morgan fingerprint density at radius 3 is 3.00 bits per heavy atom. The highest BCUT2D eigenvalue weighted by Crippen LogP contribution is 2.25. The number of benzene rings is 1. The van der Waals surface area contributed by atoms with Crippen molar-refractivity contribution in [1.82, 2.24) is 10.2 Å². The van der Waals surface area contributed by atoms with Gasteiger partial charge in [0.05, 0.1) is 4.92 Å². The molecule has 1 saturated heterocycles. The topological polar surface area (TPSA) is 58.4 Å². The van der Waals surface area contributed by atoms with Crippen LogP contribution in [0.3, 0.4) is 0 Å². The molecule has 1 aromatic carbocycles. The molecule has 104 valence electrons. The number of nitro groups is 1. The van der Waals surface area contributed by atoms with E-state index in [-0.39, 0.29) is 10.7 Å². The first-order valence-electron chi connectivity index (χ1n) is 6.38. The smallest absolute Gasteiger partial charge is 0.288 e. The zero-order valence-corrected chi connectivity index (χ0v) is 11.7. The maximum atomic E-state index is 10.8. The quantitative estimate of drug-likeness (QED) is 0.665. The third-order valence-corrected chi connectivity index (χ3v) is 3.78. The largest absolute Gasteiger partial charge is 0.312 e. The molecule has 1 aliphatic rings. The zero-order chi connectivity index (χ0) is 13.8. The van der Waals surface area contributed by atoms with Gasteiger partial charge in [0.1, 0.15) is 5.02 Å². The van der Waals surface area contributed by atoms with Gasteiger partial charge >= 0.3 is 0 Å². The molecule has 1 atom stereocenters. The number of nitro benzene ring substituents is 1. The van der Waals surface area contributed by atoms with Gasteiger partial charge < -0.3 is 10.2 Å². The summed E-state index contributed by atoms with van der Waals surface area (Å²) in [6.45, 7) is 3.85. The lowest BCUT2D eigenvalue weighted by Crippen LogP contribution is -2.24. The molecule has 1 aliphatic heterocycles. The number of halogens is 1. The van der Waals surface area contributed by atoms with E-state index in [9.17, 15) is 10.1 Å². The van der Waals surface area contributed by atoms with Gasteiger partial charge in [-0.2, -0.15) is 0 Å². The molecule has 1 heterocycles. The van der Waals surface area contributed by atoms with E-state index in [4.69, 9.17) is 11.6 Å². The van der Waals surface area contributed by atoms with Gasteiger partial charge in [-0.15, -0.1) is 0 Å². The molecule has 0 spiro atoms. The summed E-state index contributed by atoms with van der Waals surface area (Å²) < 4.78 is 0. The number of hydrogen-bond donors (Lipinski definition) is 1. The van der Waals surface area contributed by atoms with Crippen molar-refractivity contribution in [2.24, 2.45) is 5.92 Å². The SMILES string of the molecule is CN1CCC(CNCc2ccc(Cl)c([N+](=O)[O-])c2)C1. The molecule has 1 unspecified atom stereocenters. The van der Waals surface area contributed by atoms with Gasteiger partial charge in [-0.1, -0.05) is 17.7 Å². The second-order valence-corrected chi connectivity index (χ2v) is 5.50. The number of likely N-dealkylation sites (tertiary alicyclic amines) is 1. The van der Waals surface area contributed by atoms with Crippen LogP contribution in [0.4, 0.5) is 5.69 Å². The van der Waals surface area contributed by atoms with Gasteiger partial charge in [-0.25, -0.2) is 0 Å². The van der Waals surface area contributed by atoms with Crippen molar-refractivity contribution in [3.63, 3.8) is 0 Å². The first-order valence-corrected chi connectivity index (χ1v) is 6.76. The lowest BCUT2D eigenvalue weighted by atomic mass is 10.1. The molecule has 0 radical (unpaired) electrons. The molecule has 2 rings (SSSR count). The van der Waals surface area contributed by atoms with Crippen molar-refractivity contribution in [2.75, 3.05) is 26.7 Å². The molecule has 0 aromatic heterocycles. The fourth-order valence-corrected chi connectivity index (χ4v) is 2.61. The molecule has 1 fully saturated rings. The summed E-state index contributed by atoms with van der Waals surface area (Å²) in [7, 11) is 2.13. The van der Waals surface area contributed by atoms with Gasteiger partial charge in [0, 0.05) is 19.2 Å². The average Bonchev–Trinajstić information content (AvgIpc) is 2.77. The van der Waals surface area contributed by atoms with Crippen LogP contribution in [0.5, 0.6) is 0 Å². The normalized spacial score (nSPS) is 19.8. The van der Waals surface area contributed by atoms with Crippen LogP contribution in [-0.4, -0.2) is 36.5 Å². The van der Waals surface area contributed by atoms with Crippen molar-refractivity contribution in [1.29, 1.82) is 0 Å². The predicted molar refractivity (Wildman–Crippen MR) is 75.4 cm³/mol. The summed E-state index contributed by atoms with van der Waals surface area (Å²) in [5.74, 6) is 0.673. The number of nitrogens with zero attached hydrogens (tertiary/aromatic N) is 2. The highest BCUT2D eigenvalue weighted by atomic mass is 35.5. The average molecular weight is 284 g/mol. The van der Waals surface area contributed by atoms with Crippen LogP contribution in [-0.2, 0) is 6.54 Å². The molecule has 0 bridgehead atoms. The van der Waals surface area contributed by atoms with Crippen LogP contribution in [0.2, 0.25) is 5.02 Å². The summed E-state index contributed by atoms with van der Waals surface area (Å²) in [5.41, 5.74) is 0.865. The molecule has 1 aromatic rings. The standard InChI is InChI=1S/C13H18ClN3O2/c1-16-5-4-11(9-16)8-15-7-10-2-3-12(14)13(6-10)17(18)19/h2-3,6,11,15H,4-5,7-9H2,1H3. The summed E-state index contributed by atoms with van der Waals surface area (Å²) in [4.78, 5) is 12.7. The Hall–Kier alpha value is -1.17. The lowest BCUT2D eigenvalue weighted by Gasteiger charge is -2.11. The van der Waals surface area contributed by atoms with Gasteiger partial charge in [0.2, 0.25) is 0 Å². The molecule has 5 nitrogen and oxygen atoms in total. The molecular weight excluding hydrogens is 266 g/mol. The van der Waals surface area contributed by atoms with E-state index in [0.29, 0.717) is 12.5 Å². The highest BCUT2D eigenvalue weighted by Gasteiger charge is 2.19. The minimum absolute atomic E-state index is 0.0263. The van der Waals surface area contributed by atoms with E-state index in [0.717, 1.165) is 25.2 Å². The maximum Gasteiger partial charge on any atom is 0.288 e. The molecule has 6 heteroatoms. The fourth-order valence-electron chi connectivity index (χ4n) is 2.42. The van der Waals surface area contributed by atoms with E-state index < -0.39 is 4.92 Å². The Bertz CT molecular complexity index is 467. The molecule has 19 heavy (non-hydrogen) atoms. The Labute approximate surface area is 117 Å². The monoisotopic (exact) mass is 283 g/mol. The van der Waals surface area contributed by atoms with Crippen LogP contribution < -0.4 is 5.32 Å². The van der Waals surface area contributed by atoms with E-state index in [1.54, 1.807) is 6.07 Å². The molecule has 0 aliphatic carbocycles. The van der Waals surface area contributed by atoms with E-state index in [1.165, 1.54) is 12.5 Å². The highest BCUT2D eigenvalue weighted by molar-refractivity contribution is 6.32. The van der Waals surface area contributed by atoms with Crippen molar-refractivity contribution >= 4 is 17.3 Å². The summed E-state index contributed by atoms with van der Waals surface area (Å²) in [6, 6.07) is 4.94. The third kappa shape index (κ3) is 3.89. The van der Waals surface area contributed by atoms with Gasteiger partial charge in [-0.05, 0) is 44.1 Å². The maximum absolute atomic E-state index is 10.8. The van der Waals surface area contributed by atoms with Crippen molar-refractivity contribution < 1.29 is 4.92 Å². The van der Waals surface area contributed by atoms with Gasteiger partial charge in [0.15, 0.2) is 0 Å². The number of nitrogens with one attached hydrogen (secondary N) is 1. The Morgan fingerprint density at radius 2 is 2.37 bits per heavy atom. The Balaban J connectivity index is 1.86. The minimum Gasteiger partial charge on any atom is -0.312 e. The first-order chi connectivity index (χ1) is 9.06. The van der Waals surface area contributed by atoms with E-state index in [2.05, 4.69) is 17.3 Å². The van der Waals surface area contributed by atoms with E-state index in [1.807, 2.05) is 6.07 Å². The Kier molecular flexibility index (Phi) is 4.74. The van der Waals surface area contributed by atoms with Gasteiger partial charge in [0.25, 0.3) is 5.69 Å². The molecule has 1 N–H and O–H groups in total. The Morgan fingerprint density at radius 1 is 1.58 bits per heavy atom. The molecule has 0 saturated carbocycles. The summed E-state index contributed by atoms with van der Waals surface area (Å²) in [5, 5.41) is 14.3. The van der Waals surface area contributed by atoms with Crippen molar-refractivity contribution in [2.45, 2.75) is 13.0 Å². The van der Waals surface area contributed by atoms with Crippen molar-refractivity contribution in [3.05, 3.63) is 38.9 Å². The van der Waals surface area contributed by atoms with E-state index >= 15 is 0 Å². The predicted octanol–water partition coefficient (Wildman–Crippen LogP) is 2.29. The molecular formula is C13H18ClN3O2. The van der Waals surface area contributed by atoms with Crippen molar-refractivity contribution in [3.8, 4) is 0 Å². The third-order valence-electron chi connectivity index (χ3n) is 3.46. The van der Waals surface area contributed by atoms with Crippen LogP contribution in [0.25, 0.3) is 0 Å². The molecule has 0 amide bonds. The summed E-state index contributed by atoms with van der Waals surface area (Å²) >= 11 is 5.78. The summed E-state index contributed by atoms with van der Waals surface area (Å²) in [6.07, 6.45) is 1.21. The van der Waals surface area contributed by atoms with Crippen LogP contribution in [0.15, 0.2) is 18.2 Å². The zero-order valence-electron chi connectivity index (χ0n) is 10.9. The second kappa shape index (κ2) is 6.32. The van der Waals surface area contributed by atoms with Crippen LogP contribution in [0.1, 0.15) is 12.0 Å². The minimum atomic E-state index is -0.447. The second-order valence-electron chi connectivity index (χ2n) is 5.09. The fraction of sp³-hybridized carbons (Fsp3) is 0.538. The van der Waals surface area contributed by atoms with Crippen LogP contribution in [0, 0.1) is 16.0 Å². The number of hydrogen-bond acceptors (Lipinski definition) is 4. The number of rotatable bonds is 5. The van der Waals surface area contributed by atoms with Crippen LogP contribution >= 0.6 is 11.6 Å². The lowest BCUT2D eigenvalue weighted by molar-refractivity contribution is -0.384. The first kappa shape index (κ1) is 14.2.